The van der Waals surface area contributed by atoms with Gasteiger partial charge in [-0.3, -0.25) is 19.3 Å². The molecule has 0 bridgehead atoms. The lowest BCUT2D eigenvalue weighted by atomic mass is 10.1. The number of amides is 3. The Morgan fingerprint density at radius 3 is 2.58 bits per heavy atom. The number of carbonyl (C=O) groups excluding carboxylic acids is 3. The third-order valence-corrected chi connectivity index (χ3v) is 2.99. The maximum Gasteiger partial charge on any atom is 0.263 e. The van der Waals surface area contributed by atoms with Crippen molar-refractivity contribution >= 4 is 23.4 Å². The van der Waals surface area contributed by atoms with E-state index in [-0.39, 0.29) is 29.2 Å². The standard InChI is InChI=1S/C14H16N2O3/c1-8(2)7-11(17)15-10-6-4-5-9-12(10)14(19)16(3)13(9)18/h4-6,8H,7H2,1-3H3,(H,15,17). The zero-order chi connectivity index (χ0) is 14.2. The Hall–Kier alpha value is -2.17. The summed E-state index contributed by atoms with van der Waals surface area (Å²) in [5.41, 5.74) is 1.04. The Morgan fingerprint density at radius 1 is 1.26 bits per heavy atom. The van der Waals surface area contributed by atoms with Crippen LogP contribution in [0.5, 0.6) is 0 Å². The van der Waals surface area contributed by atoms with Crippen LogP contribution in [0.4, 0.5) is 5.69 Å². The van der Waals surface area contributed by atoms with Gasteiger partial charge in [0.25, 0.3) is 11.8 Å². The predicted octanol–water partition coefficient (Wildman–Crippen LogP) is 1.90. The quantitative estimate of drug-likeness (QED) is 0.844. The summed E-state index contributed by atoms with van der Waals surface area (Å²) in [4.78, 5) is 36.6. The zero-order valence-corrected chi connectivity index (χ0v) is 11.2. The molecular weight excluding hydrogens is 244 g/mol. The Labute approximate surface area is 111 Å². The smallest absolute Gasteiger partial charge is 0.263 e. The number of benzene rings is 1. The third-order valence-electron chi connectivity index (χ3n) is 2.99. The number of hydrogen-bond acceptors (Lipinski definition) is 3. The largest absolute Gasteiger partial charge is 0.325 e. The van der Waals surface area contributed by atoms with Crippen LogP contribution in [0.1, 0.15) is 41.0 Å². The summed E-state index contributed by atoms with van der Waals surface area (Å²) in [6.07, 6.45) is 0.377. The molecule has 0 saturated heterocycles. The van der Waals surface area contributed by atoms with E-state index in [1.165, 1.54) is 7.05 Å². The van der Waals surface area contributed by atoms with Gasteiger partial charge < -0.3 is 5.32 Å². The third kappa shape index (κ3) is 2.36. The van der Waals surface area contributed by atoms with Crippen LogP contribution in [-0.4, -0.2) is 29.7 Å². The maximum atomic E-state index is 12.0. The van der Waals surface area contributed by atoms with E-state index in [0.717, 1.165) is 4.90 Å². The van der Waals surface area contributed by atoms with Crippen molar-refractivity contribution in [2.75, 3.05) is 12.4 Å². The normalized spacial score (nSPS) is 14.0. The number of nitrogens with zero attached hydrogens (tertiary/aromatic N) is 1. The van der Waals surface area contributed by atoms with E-state index in [9.17, 15) is 14.4 Å². The summed E-state index contributed by atoms with van der Waals surface area (Å²) in [5, 5.41) is 2.71. The molecular formula is C14H16N2O3. The van der Waals surface area contributed by atoms with Crippen LogP contribution in [0.15, 0.2) is 18.2 Å². The number of carbonyl (C=O) groups is 3. The minimum Gasteiger partial charge on any atom is -0.325 e. The molecule has 1 heterocycles. The highest BCUT2D eigenvalue weighted by Gasteiger charge is 2.35. The molecule has 1 aromatic rings. The first kappa shape index (κ1) is 13.3. The van der Waals surface area contributed by atoms with Crippen molar-refractivity contribution < 1.29 is 14.4 Å². The van der Waals surface area contributed by atoms with Crippen molar-refractivity contribution in [2.45, 2.75) is 20.3 Å². The molecule has 2 rings (SSSR count). The van der Waals surface area contributed by atoms with Gasteiger partial charge in [-0.05, 0) is 18.1 Å². The fourth-order valence-corrected chi connectivity index (χ4v) is 2.08. The van der Waals surface area contributed by atoms with Crippen LogP contribution >= 0.6 is 0 Å². The number of nitrogens with one attached hydrogen (secondary N) is 1. The number of anilines is 1. The molecule has 0 unspecified atom stereocenters. The van der Waals surface area contributed by atoms with Gasteiger partial charge in [-0.1, -0.05) is 19.9 Å². The van der Waals surface area contributed by atoms with Gasteiger partial charge in [0.1, 0.15) is 0 Å². The molecule has 1 aliphatic heterocycles. The topological polar surface area (TPSA) is 66.5 Å². The second kappa shape index (κ2) is 4.84. The summed E-state index contributed by atoms with van der Waals surface area (Å²) in [6.45, 7) is 3.88. The molecule has 0 aliphatic carbocycles. The van der Waals surface area contributed by atoms with E-state index in [1.54, 1.807) is 18.2 Å². The number of rotatable bonds is 3. The molecule has 0 fully saturated rings. The van der Waals surface area contributed by atoms with Crippen LogP contribution in [0.25, 0.3) is 0 Å². The average Bonchev–Trinajstić information content (AvgIpc) is 2.54. The highest BCUT2D eigenvalue weighted by molar-refractivity contribution is 6.24. The van der Waals surface area contributed by atoms with Crippen molar-refractivity contribution in [2.24, 2.45) is 5.92 Å². The van der Waals surface area contributed by atoms with Crippen molar-refractivity contribution in [3.05, 3.63) is 29.3 Å². The second-order valence-corrected chi connectivity index (χ2v) is 5.04. The van der Waals surface area contributed by atoms with E-state index < -0.39 is 0 Å². The summed E-state index contributed by atoms with van der Waals surface area (Å²) in [6, 6.07) is 4.90. The van der Waals surface area contributed by atoms with Gasteiger partial charge in [-0.2, -0.15) is 0 Å². The van der Waals surface area contributed by atoms with E-state index in [2.05, 4.69) is 5.32 Å². The Balaban J connectivity index is 2.33. The van der Waals surface area contributed by atoms with E-state index >= 15 is 0 Å². The van der Waals surface area contributed by atoms with Crippen molar-refractivity contribution in [3.63, 3.8) is 0 Å². The Kier molecular flexibility index (Phi) is 3.38. The van der Waals surface area contributed by atoms with Gasteiger partial charge >= 0.3 is 0 Å². The monoisotopic (exact) mass is 260 g/mol. The van der Waals surface area contributed by atoms with Gasteiger partial charge in [0.15, 0.2) is 0 Å². The highest BCUT2D eigenvalue weighted by Crippen LogP contribution is 2.28. The molecule has 5 nitrogen and oxygen atoms in total. The maximum absolute atomic E-state index is 12.0. The van der Waals surface area contributed by atoms with Crippen LogP contribution in [0, 0.1) is 5.92 Å². The average molecular weight is 260 g/mol. The highest BCUT2D eigenvalue weighted by atomic mass is 16.2. The Bertz CT molecular complexity index is 564. The fraction of sp³-hybridized carbons (Fsp3) is 0.357. The number of hydrogen-bond donors (Lipinski definition) is 1. The first-order valence-electron chi connectivity index (χ1n) is 6.17. The van der Waals surface area contributed by atoms with Crippen LogP contribution in [0.3, 0.4) is 0 Å². The summed E-state index contributed by atoms with van der Waals surface area (Å²) in [7, 11) is 1.43. The molecule has 5 heteroatoms. The van der Waals surface area contributed by atoms with Gasteiger partial charge in [0.05, 0.1) is 16.8 Å². The van der Waals surface area contributed by atoms with Crippen molar-refractivity contribution in [3.8, 4) is 0 Å². The van der Waals surface area contributed by atoms with Crippen LogP contribution < -0.4 is 5.32 Å². The Morgan fingerprint density at radius 2 is 1.95 bits per heavy atom. The fourth-order valence-electron chi connectivity index (χ4n) is 2.08. The van der Waals surface area contributed by atoms with E-state index in [4.69, 9.17) is 0 Å². The van der Waals surface area contributed by atoms with Gasteiger partial charge in [-0.25, -0.2) is 0 Å². The van der Waals surface area contributed by atoms with Crippen molar-refractivity contribution in [1.29, 1.82) is 0 Å². The minimum atomic E-state index is -0.375. The van der Waals surface area contributed by atoms with E-state index in [1.807, 2.05) is 13.8 Å². The molecule has 1 aromatic carbocycles. The van der Waals surface area contributed by atoms with Gasteiger partial charge in [0, 0.05) is 13.5 Å². The first-order valence-corrected chi connectivity index (χ1v) is 6.17. The van der Waals surface area contributed by atoms with Crippen LogP contribution in [-0.2, 0) is 4.79 Å². The number of imide groups is 1. The second-order valence-electron chi connectivity index (χ2n) is 5.04. The lowest BCUT2D eigenvalue weighted by Crippen LogP contribution is -2.24. The molecule has 0 saturated carbocycles. The summed E-state index contributed by atoms with van der Waals surface area (Å²) < 4.78 is 0. The molecule has 3 amide bonds. The van der Waals surface area contributed by atoms with Gasteiger partial charge in [-0.15, -0.1) is 0 Å². The minimum absolute atomic E-state index is 0.154. The molecule has 1 N–H and O–H groups in total. The zero-order valence-electron chi connectivity index (χ0n) is 11.2. The predicted molar refractivity (Wildman–Crippen MR) is 71.0 cm³/mol. The molecule has 19 heavy (non-hydrogen) atoms. The molecule has 1 aliphatic rings. The molecule has 0 atom stereocenters. The molecule has 0 radical (unpaired) electrons. The SMILES string of the molecule is CC(C)CC(=O)Nc1cccc2c1C(=O)N(C)C2=O. The summed E-state index contributed by atoms with van der Waals surface area (Å²) in [5.74, 6) is -0.629. The lowest BCUT2D eigenvalue weighted by molar-refractivity contribution is -0.116. The van der Waals surface area contributed by atoms with E-state index in [0.29, 0.717) is 17.7 Å². The van der Waals surface area contributed by atoms with Crippen LogP contribution in [0.2, 0.25) is 0 Å². The first-order chi connectivity index (χ1) is 8.91. The molecule has 0 spiro atoms. The van der Waals surface area contributed by atoms with Gasteiger partial charge in [0.2, 0.25) is 5.91 Å². The lowest BCUT2D eigenvalue weighted by Gasteiger charge is -2.10. The number of fused-ring (bicyclic) bond motifs is 1. The summed E-state index contributed by atoms with van der Waals surface area (Å²) >= 11 is 0. The molecule has 0 aromatic heterocycles. The van der Waals surface area contributed by atoms with Crippen molar-refractivity contribution in [1.82, 2.24) is 4.90 Å². The molecule has 100 valence electrons.